The molecule has 2 N–H and O–H groups in total. The van der Waals surface area contributed by atoms with Gasteiger partial charge in [0, 0.05) is 26.7 Å². The lowest BCUT2D eigenvalue weighted by molar-refractivity contribution is 0.175. The summed E-state index contributed by atoms with van der Waals surface area (Å²) in [7, 11) is 1.57. The number of imidazole rings is 1. The molecule has 0 aliphatic rings. The van der Waals surface area contributed by atoms with Crippen LogP contribution in [0.3, 0.4) is 0 Å². The Morgan fingerprint density at radius 1 is 1.23 bits per heavy atom. The van der Waals surface area contributed by atoms with Crippen LogP contribution in [0, 0.1) is 0 Å². The number of ether oxygens (including phenoxy) is 1. The molecular formula is C14H23N5O3. The summed E-state index contributed by atoms with van der Waals surface area (Å²) in [6, 6.07) is -0.367. The predicted octanol–water partition coefficient (Wildman–Crippen LogP) is 0.0656. The number of hydrogen-bond acceptors (Lipinski definition) is 5. The number of aryl methyl sites for hydroxylation is 2. The van der Waals surface area contributed by atoms with E-state index in [2.05, 4.69) is 4.98 Å². The fourth-order valence-electron chi connectivity index (χ4n) is 2.67. The average Bonchev–Trinajstić information content (AvgIpc) is 2.86. The van der Waals surface area contributed by atoms with Gasteiger partial charge in [0.05, 0.1) is 6.04 Å². The van der Waals surface area contributed by atoms with Gasteiger partial charge in [0.2, 0.25) is 0 Å². The van der Waals surface area contributed by atoms with Crippen LogP contribution in [0.4, 0.5) is 0 Å². The third-order valence-corrected chi connectivity index (χ3v) is 3.83. The lowest BCUT2D eigenvalue weighted by atomic mass is 10.3. The molecule has 2 heterocycles. The molecule has 2 aromatic heterocycles. The van der Waals surface area contributed by atoms with Crippen molar-refractivity contribution in [3.63, 3.8) is 0 Å². The summed E-state index contributed by atoms with van der Waals surface area (Å²) in [6.07, 6.45) is 0. The van der Waals surface area contributed by atoms with Gasteiger partial charge in [0.25, 0.3) is 5.56 Å². The Morgan fingerprint density at radius 3 is 2.36 bits per heavy atom. The normalized spacial score (nSPS) is 13.0. The van der Waals surface area contributed by atoms with Gasteiger partial charge in [0.15, 0.2) is 11.2 Å². The van der Waals surface area contributed by atoms with Crippen LogP contribution in [-0.4, -0.2) is 32.3 Å². The summed E-state index contributed by atoms with van der Waals surface area (Å²) in [6.45, 7) is 7.05. The van der Waals surface area contributed by atoms with Crippen LogP contribution in [0.15, 0.2) is 9.59 Å². The zero-order chi connectivity index (χ0) is 16.4. The van der Waals surface area contributed by atoms with E-state index in [0.717, 1.165) is 0 Å². The maximum Gasteiger partial charge on any atom is 0.333 e. The van der Waals surface area contributed by atoms with Gasteiger partial charge in [-0.2, -0.15) is 0 Å². The number of fused-ring (bicyclic) bond motifs is 1. The van der Waals surface area contributed by atoms with Crippen LogP contribution >= 0.6 is 0 Å². The lowest BCUT2D eigenvalue weighted by Crippen LogP contribution is -2.43. The number of nitrogens with zero attached hydrogens (tertiary/aromatic N) is 4. The molecule has 0 fully saturated rings. The minimum atomic E-state index is -0.373. The van der Waals surface area contributed by atoms with Gasteiger partial charge >= 0.3 is 5.69 Å². The standard InChI is InChI=1S/C14H23N5O3/c1-5-17-10(8-22-4)16-12-11(17)13(20)19(9(3)7-15)14(21)18(12)6-2/h9H,5-8,15H2,1-4H3. The van der Waals surface area contributed by atoms with Crippen molar-refractivity contribution in [2.75, 3.05) is 13.7 Å². The Labute approximate surface area is 128 Å². The number of rotatable bonds is 6. The van der Waals surface area contributed by atoms with E-state index in [1.165, 1.54) is 9.13 Å². The van der Waals surface area contributed by atoms with Crippen LogP contribution in [0.1, 0.15) is 32.6 Å². The smallest absolute Gasteiger partial charge is 0.333 e. The summed E-state index contributed by atoms with van der Waals surface area (Å²) < 4.78 is 9.67. The summed E-state index contributed by atoms with van der Waals surface area (Å²) in [4.78, 5) is 29.8. The van der Waals surface area contributed by atoms with E-state index in [-0.39, 0.29) is 30.4 Å². The van der Waals surface area contributed by atoms with Gasteiger partial charge in [-0.1, -0.05) is 0 Å². The predicted molar refractivity (Wildman–Crippen MR) is 84.1 cm³/mol. The summed E-state index contributed by atoms with van der Waals surface area (Å²) >= 11 is 0. The molecule has 8 heteroatoms. The largest absolute Gasteiger partial charge is 0.377 e. The zero-order valence-electron chi connectivity index (χ0n) is 13.5. The minimum absolute atomic E-state index is 0.218. The third kappa shape index (κ3) is 2.38. The summed E-state index contributed by atoms with van der Waals surface area (Å²) in [5.74, 6) is 0.636. The maximum absolute atomic E-state index is 12.8. The van der Waals surface area contributed by atoms with Crippen LogP contribution in [0.2, 0.25) is 0 Å². The van der Waals surface area contributed by atoms with Crippen molar-refractivity contribution in [3.05, 3.63) is 26.7 Å². The van der Waals surface area contributed by atoms with E-state index in [0.29, 0.717) is 30.1 Å². The SMILES string of the molecule is CCn1c(COC)nc2c1c(=O)n(C(C)CN)c(=O)n2CC. The second-order valence-corrected chi connectivity index (χ2v) is 5.16. The fraction of sp³-hybridized carbons (Fsp3) is 0.643. The van der Waals surface area contributed by atoms with E-state index >= 15 is 0 Å². The van der Waals surface area contributed by atoms with E-state index < -0.39 is 0 Å². The Balaban J connectivity index is 2.97. The maximum atomic E-state index is 12.8. The minimum Gasteiger partial charge on any atom is -0.377 e. The van der Waals surface area contributed by atoms with Gasteiger partial charge in [0.1, 0.15) is 12.4 Å². The van der Waals surface area contributed by atoms with Gasteiger partial charge in [-0.3, -0.25) is 13.9 Å². The van der Waals surface area contributed by atoms with Crippen LogP contribution in [0.5, 0.6) is 0 Å². The topological polar surface area (TPSA) is 97.1 Å². The average molecular weight is 309 g/mol. The van der Waals surface area contributed by atoms with Crippen molar-refractivity contribution < 1.29 is 4.74 Å². The van der Waals surface area contributed by atoms with Gasteiger partial charge in [-0.05, 0) is 20.8 Å². The highest BCUT2D eigenvalue weighted by atomic mass is 16.5. The molecule has 8 nitrogen and oxygen atoms in total. The molecular weight excluding hydrogens is 286 g/mol. The first-order valence-electron chi connectivity index (χ1n) is 7.45. The first kappa shape index (κ1) is 16.4. The van der Waals surface area contributed by atoms with Crippen molar-refractivity contribution >= 4 is 11.2 Å². The second-order valence-electron chi connectivity index (χ2n) is 5.16. The fourth-order valence-corrected chi connectivity index (χ4v) is 2.67. The lowest BCUT2D eigenvalue weighted by Gasteiger charge is -2.15. The molecule has 1 atom stereocenters. The molecule has 0 aromatic carbocycles. The first-order valence-corrected chi connectivity index (χ1v) is 7.45. The first-order chi connectivity index (χ1) is 10.5. The van der Waals surface area contributed by atoms with Crippen LogP contribution < -0.4 is 17.0 Å². The Morgan fingerprint density at radius 2 is 1.86 bits per heavy atom. The third-order valence-electron chi connectivity index (χ3n) is 3.83. The molecule has 0 aliphatic carbocycles. The molecule has 0 aliphatic heterocycles. The number of aromatic nitrogens is 4. The number of methoxy groups -OCH3 is 1. The van der Waals surface area contributed by atoms with Crippen LogP contribution in [0.25, 0.3) is 11.2 Å². The van der Waals surface area contributed by atoms with Crippen LogP contribution in [-0.2, 0) is 24.4 Å². The van der Waals surface area contributed by atoms with E-state index in [1.54, 1.807) is 18.6 Å². The molecule has 0 radical (unpaired) electrons. The molecule has 1 unspecified atom stereocenters. The number of hydrogen-bond donors (Lipinski definition) is 1. The van der Waals surface area contributed by atoms with Crippen molar-refractivity contribution in [1.29, 1.82) is 0 Å². The molecule has 0 bridgehead atoms. The summed E-state index contributed by atoms with van der Waals surface area (Å²) in [5, 5.41) is 0. The van der Waals surface area contributed by atoms with E-state index in [1.807, 2.05) is 13.8 Å². The molecule has 22 heavy (non-hydrogen) atoms. The number of nitrogens with two attached hydrogens (primary N) is 1. The van der Waals surface area contributed by atoms with Gasteiger partial charge in [-0.15, -0.1) is 0 Å². The second kappa shape index (κ2) is 6.45. The zero-order valence-corrected chi connectivity index (χ0v) is 13.5. The Kier molecular flexibility index (Phi) is 4.82. The Hall–Kier alpha value is -1.93. The molecule has 122 valence electrons. The van der Waals surface area contributed by atoms with Gasteiger partial charge in [-0.25, -0.2) is 9.78 Å². The Bertz CT molecular complexity index is 786. The summed E-state index contributed by atoms with van der Waals surface area (Å²) in [5.41, 5.74) is 5.77. The molecule has 0 saturated heterocycles. The van der Waals surface area contributed by atoms with Crippen molar-refractivity contribution in [3.8, 4) is 0 Å². The molecule has 2 aromatic rings. The van der Waals surface area contributed by atoms with E-state index in [9.17, 15) is 9.59 Å². The van der Waals surface area contributed by atoms with Crippen molar-refractivity contribution in [2.45, 2.75) is 46.5 Å². The van der Waals surface area contributed by atoms with Crippen molar-refractivity contribution in [2.24, 2.45) is 5.73 Å². The molecule has 0 spiro atoms. The molecule has 2 rings (SSSR count). The van der Waals surface area contributed by atoms with Gasteiger partial charge < -0.3 is 15.0 Å². The quantitative estimate of drug-likeness (QED) is 0.814. The van der Waals surface area contributed by atoms with Crippen molar-refractivity contribution in [1.82, 2.24) is 18.7 Å². The molecule has 0 saturated carbocycles. The van der Waals surface area contributed by atoms with E-state index in [4.69, 9.17) is 10.5 Å². The molecule has 0 amide bonds. The highest BCUT2D eigenvalue weighted by Gasteiger charge is 2.22. The highest BCUT2D eigenvalue weighted by molar-refractivity contribution is 5.71. The monoisotopic (exact) mass is 309 g/mol. The highest BCUT2D eigenvalue weighted by Crippen LogP contribution is 2.13.